The van der Waals surface area contributed by atoms with E-state index in [-0.39, 0.29) is 30.3 Å². The number of halogens is 1. The van der Waals surface area contributed by atoms with Crippen molar-refractivity contribution < 1.29 is 9.59 Å². The first-order chi connectivity index (χ1) is 11.0. The number of nitrogens with zero attached hydrogens (tertiary/aromatic N) is 2. The number of rotatable bonds is 5. The number of amides is 2. The van der Waals surface area contributed by atoms with Crippen molar-refractivity contribution >= 4 is 24.2 Å². The molecule has 2 N–H and O–H groups in total. The van der Waals surface area contributed by atoms with E-state index in [1.54, 1.807) is 0 Å². The summed E-state index contributed by atoms with van der Waals surface area (Å²) in [6.07, 6.45) is 2.17. The molecule has 0 spiro atoms. The molecule has 134 valence electrons. The lowest BCUT2D eigenvalue weighted by Gasteiger charge is -2.35. The highest BCUT2D eigenvalue weighted by atomic mass is 35.5. The summed E-state index contributed by atoms with van der Waals surface area (Å²) in [7, 11) is 0. The van der Waals surface area contributed by atoms with Crippen molar-refractivity contribution in [3.05, 3.63) is 35.4 Å². The van der Waals surface area contributed by atoms with E-state index in [1.807, 2.05) is 41.0 Å². The summed E-state index contributed by atoms with van der Waals surface area (Å²) in [4.78, 5) is 28.3. The first kappa shape index (κ1) is 20.5. The minimum absolute atomic E-state index is 0. The lowest BCUT2D eigenvalue weighted by atomic mass is 10.1. The molecule has 0 bridgehead atoms. The molecule has 6 heteroatoms. The van der Waals surface area contributed by atoms with Crippen molar-refractivity contribution in [2.24, 2.45) is 5.73 Å². The molecule has 5 nitrogen and oxygen atoms in total. The highest BCUT2D eigenvalue weighted by Gasteiger charge is 2.24. The van der Waals surface area contributed by atoms with E-state index in [0.717, 1.165) is 12.0 Å². The van der Waals surface area contributed by atoms with Gasteiger partial charge in [-0.3, -0.25) is 9.59 Å². The Hall–Kier alpha value is -1.59. The van der Waals surface area contributed by atoms with E-state index < -0.39 is 0 Å². The number of hydrogen-bond acceptors (Lipinski definition) is 3. The summed E-state index contributed by atoms with van der Waals surface area (Å²) in [6, 6.07) is 7.83. The van der Waals surface area contributed by atoms with E-state index in [9.17, 15) is 9.59 Å². The van der Waals surface area contributed by atoms with Crippen molar-refractivity contribution in [1.29, 1.82) is 0 Å². The minimum atomic E-state index is 0. The number of piperazine rings is 1. The van der Waals surface area contributed by atoms with E-state index in [1.165, 1.54) is 5.56 Å². The fourth-order valence-electron chi connectivity index (χ4n) is 2.73. The molecule has 1 unspecified atom stereocenters. The second kappa shape index (κ2) is 9.64. The fraction of sp³-hybridized carbons (Fsp3) is 0.556. The summed E-state index contributed by atoms with van der Waals surface area (Å²) in [6.45, 7) is 6.41. The van der Waals surface area contributed by atoms with Crippen LogP contribution in [-0.4, -0.2) is 53.8 Å². The zero-order chi connectivity index (χ0) is 16.8. The molecule has 1 atom stereocenters. The average Bonchev–Trinajstić information content (AvgIpc) is 2.59. The summed E-state index contributed by atoms with van der Waals surface area (Å²) < 4.78 is 0. The molecule has 2 rings (SSSR count). The lowest BCUT2D eigenvalue weighted by molar-refractivity contribution is -0.132. The van der Waals surface area contributed by atoms with Crippen LogP contribution in [0.25, 0.3) is 0 Å². The number of carbonyl (C=O) groups is 2. The van der Waals surface area contributed by atoms with Gasteiger partial charge in [0.05, 0.1) is 0 Å². The third-order valence-corrected chi connectivity index (χ3v) is 4.34. The summed E-state index contributed by atoms with van der Waals surface area (Å²) >= 11 is 0. The zero-order valence-corrected chi connectivity index (χ0v) is 15.3. The molecule has 0 aliphatic carbocycles. The lowest BCUT2D eigenvalue weighted by Crippen LogP contribution is -2.50. The van der Waals surface area contributed by atoms with Crippen LogP contribution in [0.5, 0.6) is 0 Å². The molecule has 1 aromatic carbocycles. The van der Waals surface area contributed by atoms with Gasteiger partial charge in [0, 0.05) is 44.2 Å². The van der Waals surface area contributed by atoms with E-state index in [0.29, 0.717) is 39.0 Å². The van der Waals surface area contributed by atoms with Gasteiger partial charge in [0.2, 0.25) is 5.91 Å². The van der Waals surface area contributed by atoms with Gasteiger partial charge in [0.15, 0.2) is 0 Å². The van der Waals surface area contributed by atoms with Gasteiger partial charge >= 0.3 is 0 Å². The summed E-state index contributed by atoms with van der Waals surface area (Å²) in [5.41, 5.74) is 7.64. The first-order valence-corrected chi connectivity index (χ1v) is 8.42. The van der Waals surface area contributed by atoms with Crippen molar-refractivity contribution in [2.75, 3.05) is 26.2 Å². The second-order valence-electron chi connectivity index (χ2n) is 6.24. The molecule has 1 heterocycles. The van der Waals surface area contributed by atoms with Gasteiger partial charge in [-0.25, -0.2) is 0 Å². The average molecular weight is 354 g/mol. The number of benzene rings is 1. The quantitative estimate of drug-likeness (QED) is 0.881. The largest absolute Gasteiger partial charge is 0.339 e. The van der Waals surface area contributed by atoms with Gasteiger partial charge in [-0.2, -0.15) is 0 Å². The smallest absolute Gasteiger partial charge is 0.253 e. The van der Waals surface area contributed by atoms with Crippen LogP contribution in [0.3, 0.4) is 0 Å². The van der Waals surface area contributed by atoms with Gasteiger partial charge in [0.25, 0.3) is 5.91 Å². The molecular weight excluding hydrogens is 326 g/mol. The predicted octanol–water partition coefficient (Wildman–Crippen LogP) is 2.08. The minimum Gasteiger partial charge on any atom is -0.339 e. The molecule has 2 amide bonds. The summed E-state index contributed by atoms with van der Waals surface area (Å²) in [5.74, 6) is 0.192. The normalized spacial score (nSPS) is 15.6. The van der Waals surface area contributed by atoms with Crippen molar-refractivity contribution in [2.45, 2.75) is 39.2 Å². The van der Waals surface area contributed by atoms with Crippen LogP contribution in [-0.2, 0) is 11.2 Å². The maximum atomic E-state index is 12.5. The Balaban J connectivity index is 0.00000288. The number of nitrogens with two attached hydrogens (primary N) is 1. The number of carbonyl (C=O) groups excluding carboxylic acids is 2. The Kier molecular flexibility index (Phi) is 8.22. The molecular formula is C18H28ClN3O2. The maximum Gasteiger partial charge on any atom is 0.253 e. The second-order valence-corrected chi connectivity index (χ2v) is 6.24. The number of hydrogen-bond donors (Lipinski definition) is 1. The molecule has 0 aromatic heterocycles. The fourth-order valence-corrected chi connectivity index (χ4v) is 2.73. The predicted molar refractivity (Wildman–Crippen MR) is 98.4 cm³/mol. The van der Waals surface area contributed by atoms with E-state index in [2.05, 4.69) is 6.92 Å². The Morgan fingerprint density at radius 2 is 1.62 bits per heavy atom. The van der Waals surface area contributed by atoms with Crippen molar-refractivity contribution in [1.82, 2.24) is 9.80 Å². The Morgan fingerprint density at radius 3 is 2.12 bits per heavy atom. The van der Waals surface area contributed by atoms with Crippen LogP contribution in [0.1, 0.15) is 42.6 Å². The van der Waals surface area contributed by atoms with E-state index >= 15 is 0 Å². The molecule has 24 heavy (non-hydrogen) atoms. The monoisotopic (exact) mass is 353 g/mol. The van der Waals surface area contributed by atoms with Crippen LogP contribution >= 0.6 is 12.4 Å². The topological polar surface area (TPSA) is 66.6 Å². The standard InChI is InChI=1S/C18H27N3O2.ClH/c1-3-15-5-7-16(8-6-15)18(23)21-12-10-20(11-13-21)17(22)9-4-14(2)19;/h5-8,14H,3-4,9-13,19H2,1-2H3;1H. The van der Waals surface area contributed by atoms with Crippen LogP contribution in [0.15, 0.2) is 24.3 Å². The maximum absolute atomic E-state index is 12.5. The molecule has 1 aliphatic heterocycles. The SMILES string of the molecule is CCc1ccc(C(=O)N2CCN(C(=O)CCC(C)N)CC2)cc1.Cl. The highest BCUT2D eigenvalue weighted by molar-refractivity contribution is 5.94. The Morgan fingerprint density at radius 1 is 1.08 bits per heavy atom. The number of aryl methyl sites for hydroxylation is 1. The van der Waals surface area contributed by atoms with Crippen molar-refractivity contribution in [3.8, 4) is 0 Å². The van der Waals surface area contributed by atoms with Gasteiger partial charge in [-0.1, -0.05) is 19.1 Å². The third kappa shape index (κ3) is 5.49. The Bertz CT molecular complexity index is 538. The first-order valence-electron chi connectivity index (χ1n) is 8.42. The van der Waals surface area contributed by atoms with Gasteiger partial charge in [-0.05, 0) is 37.5 Å². The molecule has 1 aliphatic rings. The van der Waals surface area contributed by atoms with Crippen LogP contribution < -0.4 is 5.73 Å². The molecule has 1 aromatic rings. The van der Waals surface area contributed by atoms with Crippen LogP contribution in [0, 0.1) is 0 Å². The highest BCUT2D eigenvalue weighted by Crippen LogP contribution is 2.12. The Labute approximate surface area is 150 Å². The van der Waals surface area contributed by atoms with Crippen LogP contribution in [0.4, 0.5) is 0 Å². The van der Waals surface area contributed by atoms with Crippen LogP contribution in [0.2, 0.25) is 0 Å². The van der Waals surface area contributed by atoms with Gasteiger partial charge in [0.1, 0.15) is 0 Å². The summed E-state index contributed by atoms with van der Waals surface area (Å²) in [5, 5.41) is 0. The third-order valence-electron chi connectivity index (χ3n) is 4.34. The van der Waals surface area contributed by atoms with Gasteiger partial charge in [-0.15, -0.1) is 12.4 Å². The van der Waals surface area contributed by atoms with Gasteiger partial charge < -0.3 is 15.5 Å². The van der Waals surface area contributed by atoms with Crippen molar-refractivity contribution in [3.63, 3.8) is 0 Å². The molecule has 1 saturated heterocycles. The molecule has 0 saturated carbocycles. The van der Waals surface area contributed by atoms with E-state index in [4.69, 9.17) is 5.73 Å². The zero-order valence-electron chi connectivity index (χ0n) is 14.5. The molecule has 1 fully saturated rings. The molecule has 0 radical (unpaired) electrons.